The van der Waals surface area contributed by atoms with E-state index in [2.05, 4.69) is 57.0 Å². The van der Waals surface area contributed by atoms with E-state index < -0.39 is 35.2 Å². The summed E-state index contributed by atoms with van der Waals surface area (Å²) in [6.07, 6.45) is 14.0. The second-order valence-electron chi connectivity index (χ2n) is 15.3. The van der Waals surface area contributed by atoms with Crippen LogP contribution < -0.4 is 15.5 Å². The number of nitrogens with one attached hydrogen (secondary N) is 4. The van der Waals surface area contributed by atoms with Gasteiger partial charge < -0.3 is 39.7 Å². The molecule has 3 atom stereocenters. The average Bonchev–Trinajstić information content (AvgIpc) is 4.06. The van der Waals surface area contributed by atoms with E-state index >= 15 is 0 Å². The van der Waals surface area contributed by atoms with Crippen LogP contribution in [0.4, 0.5) is 15.3 Å². The SMILES string of the molecule is COC(=O)N[C@H]1CCc2cccc3c2N(C1=O)[C@H](c1ncc(C2(c4cnc([C@@H]5CCCN5C(=O)C5(NC(=O)OC)COC5)[nH]4)C=CC(c4ccccc4)C=C2)[nH]1)C3. The molecule has 0 spiro atoms. The predicted octanol–water partition coefficient (Wildman–Crippen LogP) is 4.42. The highest BCUT2D eigenvalue weighted by Gasteiger charge is 2.52. The number of allylic oxidation sites excluding steroid dienone is 4. The summed E-state index contributed by atoms with van der Waals surface area (Å²) < 4.78 is 15.1. The van der Waals surface area contributed by atoms with Crippen molar-refractivity contribution in [2.24, 2.45) is 0 Å². The van der Waals surface area contributed by atoms with Gasteiger partial charge >= 0.3 is 12.2 Å². The molecule has 2 saturated heterocycles. The number of likely N-dealkylation sites (tertiary alicyclic amines) is 1. The molecule has 57 heavy (non-hydrogen) atoms. The lowest BCUT2D eigenvalue weighted by Gasteiger charge is -2.43. The Balaban J connectivity index is 1.06. The number of aromatic nitrogens is 4. The first-order valence-corrected chi connectivity index (χ1v) is 19.3. The molecule has 4 aromatic rings. The number of carbonyl (C=O) groups is 4. The smallest absolute Gasteiger partial charge is 0.407 e. The fourth-order valence-corrected chi connectivity index (χ4v) is 9.02. The van der Waals surface area contributed by atoms with Crippen molar-refractivity contribution in [3.05, 3.63) is 125 Å². The Morgan fingerprint density at radius 1 is 0.860 bits per heavy atom. The van der Waals surface area contributed by atoms with Gasteiger partial charge in [0.25, 0.3) is 5.91 Å². The first kappa shape index (κ1) is 36.4. The van der Waals surface area contributed by atoms with E-state index in [9.17, 15) is 19.2 Å². The first-order chi connectivity index (χ1) is 27.7. The maximum Gasteiger partial charge on any atom is 0.407 e. The molecule has 0 radical (unpaired) electrons. The fraction of sp³-hybridized carbons (Fsp3) is 0.381. The number of benzene rings is 2. The average molecular weight is 773 g/mol. The zero-order valence-corrected chi connectivity index (χ0v) is 31.7. The number of alkyl carbamates (subject to hydrolysis) is 2. The van der Waals surface area contributed by atoms with E-state index in [0.717, 1.165) is 40.2 Å². The number of para-hydroxylation sites is 1. The molecule has 6 heterocycles. The molecule has 15 heteroatoms. The standard InChI is InChI=1S/C42H44N8O7/c1-55-39(53)45-29-14-13-27-10-6-11-28-20-31(50(34(27)28)37(29)51)36-44-22-33(47-36)41(17-15-26(16-18-41)25-8-4-3-5-9-25)32-21-43-35(46-32)30-12-7-19-49(30)38(52)42(23-57-24-42)48-40(54)56-2/h3-6,8-11,15-18,21-22,26,29-31H,7,12-14,19-20,23-24H2,1-2H3,(H,43,46)(H,44,47)(H,45,53)(H,48,54)/t26?,29-,30-,31-,41?/m0/s1. The summed E-state index contributed by atoms with van der Waals surface area (Å²) in [6, 6.07) is 14.8. The van der Waals surface area contributed by atoms with Crippen molar-refractivity contribution in [1.29, 1.82) is 0 Å². The Hall–Kier alpha value is -6.22. The van der Waals surface area contributed by atoms with Gasteiger partial charge in [-0.1, -0.05) is 72.8 Å². The van der Waals surface area contributed by atoms with E-state index in [1.54, 1.807) is 9.80 Å². The number of H-pyrrole nitrogens is 2. The maximum absolute atomic E-state index is 14.2. The second kappa shape index (κ2) is 14.4. The molecule has 294 valence electrons. The number of imidazole rings is 2. The number of amides is 4. The van der Waals surface area contributed by atoms with E-state index in [-0.39, 0.29) is 37.0 Å². The monoisotopic (exact) mass is 772 g/mol. The highest BCUT2D eigenvalue weighted by Crippen LogP contribution is 2.46. The molecule has 4 amide bonds. The number of carbonyl (C=O) groups excluding carboxylic acids is 4. The molecule has 4 N–H and O–H groups in total. The summed E-state index contributed by atoms with van der Waals surface area (Å²) >= 11 is 0. The molecule has 2 aromatic carbocycles. The van der Waals surface area contributed by atoms with Gasteiger partial charge in [0.15, 0.2) is 5.54 Å². The molecule has 9 rings (SSSR count). The van der Waals surface area contributed by atoms with Crippen LogP contribution in [0.5, 0.6) is 0 Å². The molecular weight excluding hydrogens is 729 g/mol. The molecule has 2 fully saturated rings. The van der Waals surface area contributed by atoms with Gasteiger partial charge in [0.2, 0.25) is 5.91 Å². The molecular formula is C42H44N8O7. The van der Waals surface area contributed by atoms with Gasteiger partial charge in [-0.2, -0.15) is 0 Å². The fourth-order valence-electron chi connectivity index (χ4n) is 9.02. The van der Waals surface area contributed by atoms with Crippen molar-refractivity contribution < 1.29 is 33.4 Å². The molecule has 2 aromatic heterocycles. The Morgan fingerprint density at radius 2 is 1.54 bits per heavy atom. The Labute approximate surface area is 328 Å². The van der Waals surface area contributed by atoms with Crippen LogP contribution in [0.15, 0.2) is 85.2 Å². The third-order valence-electron chi connectivity index (χ3n) is 12.1. The number of hydrogen-bond acceptors (Lipinski definition) is 9. The molecule has 1 aliphatic carbocycles. The topological polar surface area (TPSA) is 184 Å². The van der Waals surface area contributed by atoms with Crippen LogP contribution in [0, 0.1) is 0 Å². The lowest BCUT2D eigenvalue weighted by Crippen LogP contribution is -2.70. The lowest BCUT2D eigenvalue weighted by atomic mass is 9.75. The third kappa shape index (κ3) is 6.16. The third-order valence-corrected chi connectivity index (χ3v) is 12.1. The minimum Gasteiger partial charge on any atom is -0.453 e. The summed E-state index contributed by atoms with van der Waals surface area (Å²) in [5.74, 6) is 0.837. The van der Waals surface area contributed by atoms with Crippen LogP contribution in [0.2, 0.25) is 0 Å². The minimum absolute atomic E-state index is 0.0342. The zero-order chi connectivity index (χ0) is 39.3. The Morgan fingerprint density at radius 3 is 2.21 bits per heavy atom. The summed E-state index contributed by atoms with van der Waals surface area (Å²) in [5, 5.41) is 5.46. The summed E-state index contributed by atoms with van der Waals surface area (Å²) in [7, 11) is 2.55. The van der Waals surface area contributed by atoms with E-state index in [1.165, 1.54) is 14.2 Å². The van der Waals surface area contributed by atoms with Gasteiger partial charge in [-0.25, -0.2) is 19.6 Å². The number of aromatic amines is 2. The van der Waals surface area contributed by atoms with Gasteiger partial charge in [0.1, 0.15) is 17.7 Å². The number of anilines is 1. The molecule has 0 unspecified atom stereocenters. The molecule has 0 bridgehead atoms. The van der Waals surface area contributed by atoms with Gasteiger partial charge in [-0.05, 0) is 42.4 Å². The van der Waals surface area contributed by atoms with Crippen LogP contribution in [-0.2, 0) is 42.1 Å². The largest absolute Gasteiger partial charge is 0.453 e. The summed E-state index contributed by atoms with van der Waals surface area (Å²) in [6.45, 7) is 0.639. The Kier molecular flexibility index (Phi) is 9.18. The van der Waals surface area contributed by atoms with E-state index in [4.69, 9.17) is 24.2 Å². The number of aryl methyl sites for hydroxylation is 1. The van der Waals surface area contributed by atoms with Gasteiger partial charge in [0.05, 0.1) is 62.0 Å². The van der Waals surface area contributed by atoms with Gasteiger partial charge in [-0.3, -0.25) is 14.5 Å². The lowest BCUT2D eigenvalue weighted by molar-refractivity contribution is -0.159. The number of ether oxygens (including phenoxy) is 3. The number of nitrogens with zero attached hydrogens (tertiary/aromatic N) is 4. The van der Waals surface area contributed by atoms with Crippen molar-refractivity contribution in [3.63, 3.8) is 0 Å². The maximum atomic E-state index is 14.2. The van der Waals surface area contributed by atoms with Crippen LogP contribution in [-0.4, -0.2) is 94.4 Å². The van der Waals surface area contributed by atoms with Crippen LogP contribution >= 0.6 is 0 Å². The predicted molar refractivity (Wildman–Crippen MR) is 206 cm³/mol. The van der Waals surface area contributed by atoms with Crippen molar-refractivity contribution >= 4 is 29.7 Å². The normalized spacial score (nSPS) is 25.7. The van der Waals surface area contributed by atoms with Crippen LogP contribution in [0.3, 0.4) is 0 Å². The number of hydrogen-bond donors (Lipinski definition) is 4. The summed E-state index contributed by atoms with van der Waals surface area (Å²) in [4.78, 5) is 73.4. The molecule has 5 aliphatic rings. The van der Waals surface area contributed by atoms with Gasteiger partial charge in [-0.15, -0.1) is 0 Å². The zero-order valence-electron chi connectivity index (χ0n) is 31.7. The highest BCUT2D eigenvalue weighted by atomic mass is 16.5. The van der Waals surface area contributed by atoms with Crippen LogP contribution in [0.1, 0.15) is 77.0 Å². The minimum atomic E-state index is -1.19. The quantitative estimate of drug-likeness (QED) is 0.189. The van der Waals surface area contributed by atoms with Crippen molar-refractivity contribution in [1.82, 2.24) is 35.5 Å². The van der Waals surface area contributed by atoms with Crippen molar-refractivity contribution in [2.45, 2.75) is 67.1 Å². The van der Waals surface area contributed by atoms with Gasteiger partial charge in [0, 0.05) is 31.3 Å². The number of methoxy groups -OCH3 is 2. The van der Waals surface area contributed by atoms with Crippen molar-refractivity contribution in [2.75, 3.05) is 38.9 Å². The van der Waals surface area contributed by atoms with Crippen molar-refractivity contribution in [3.8, 4) is 0 Å². The highest BCUT2D eigenvalue weighted by molar-refractivity contribution is 6.02. The van der Waals surface area contributed by atoms with E-state index in [1.807, 2.05) is 48.8 Å². The Bertz CT molecular complexity index is 2260. The molecule has 15 nitrogen and oxygen atoms in total. The number of rotatable bonds is 8. The second-order valence-corrected chi connectivity index (χ2v) is 15.3. The molecule has 0 saturated carbocycles. The molecule has 4 aliphatic heterocycles. The first-order valence-electron chi connectivity index (χ1n) is 19.3. The van der Waals surface area contributed by atoms with E-state index in [0.29, 0.717) is 43.9 Å². The summed E-state index contributed by atoms with van der Waals surface area (Å²) in [5.41, 5.74) is 3.61. The van der Waals surface area contributed by atoms with Crippen LogP contribution in [0.25, 0.3) is 0 Å².